The van der Waals surface area contributed by atoms with Gasteiger partial charge in [0.05, 0.1) is 2.88 Å². The zero-order valence-electron chi connectivity index (χ0n) is 11.1. The molecule has 0 aliphatic rings. The van der Waals surface area contributed by atoms with E-state index in [1.165, 1.54) is 20.6 Å². The van der Waals surface area contributed by atoms with E-state index in [4.69, 9.17) is 0 Å². The van der Waals surface area contributed by atoms with Crippen molar-refractivity contribution in [3.63, 3.8) is 0 Å². The van der Waals surface area contributed by atoms with Crippen molar-refractivity contribution < 1.29 is 8.78 Å². The van der Waals surface area contributed by atoms with E-state index in [9.17, 15) is 8.78 Å². The van der Waals surface area contributed by atoms with Crippen LogP contribution in [0.5, 0.6) is 0 Å². The van der Waals surface area contributed by atoms with Crippen LogP contribution in [-0.4, -0.2) is 6.54 Å². The Morgan fingerprint density at radius 1 is 1.20 bits per heavy atom. The van der Waals surface area contributed by atoms with Crippen LogP contribution in [0.15, 0.2) is 29.6 Å². The third-order valence-electron chi connectivity index (χ3n) is 2.99. The van der Waals surface area contributed by atoms with E-state index < -0.39 is 11.6 Å². The van der Waals surface area contributed by atoms with Gasteiger partial charge in [-0.25, -0.2) is 8.78 Å². The molecule has 0 saturated heterocycles. The summed E-state index contributed by atoms with van der Waals surface area (Å²) in [5.74, 6) is -1.04. The van der Waals surface area contributed by atoms with Crippen molar-refractivity contribution in [1.82, 2.24) is 5.32 Å². The lowest BCUT2D eigenvalue weighted by Gasteiger charge is -2.18. The summed E-state index contributed by atoms with van der Waals surface area (Å²) < 4.78 is 27.8. The molecular weight excluding hydrogens is 391 g/mol. The number of thiophene rings is 1. The van der Waals surface area contributed by atoms with Crippen LogP contribution in [0, 0.1) is 14.5 Å². The Kier molecular flexibility index (Phi) is 5.92. The molecule has 1 N–H and O–H groups in total. The number of halogens is 3. The molecule has 0 fully saturated rings. The molecule has 0 bridgehead atoms. The maximum atomic E-state index is 13.3. The molecule has 1 heterocycles. The lowest BCUT2D eigenvalue weighted by atomic mass is 10.0. The van der Waals surface area contributed by atoms with E-state index in [2.05, 4.69) is 46.3 Å². The number of hydrogen-bond acceptors (Lipinski definition) is 2. The molecule has 5 heteroatoms. The molecule has 1 aromatic heterocycles. The Hall–Kier alpha value is -0.530. The average molecular weight is 407 g/mol. The van der Waals surface area contributed by atoms with Gasteiger partial charge in [-0.2, -0.15) is 0 Å². The van der Waals surface area contributed by atoms with Crippen molar-refractivity contribution >= 4 is 33.9 Å². The standard InChI is InChI=1S/C15H16F2INS/c1-2-3-19-14(11-7-15(18)20-9-11)6-10-4-12(16)8-13(17)5-10/h4-5,7-9,14,19H,2-3,6H2,1H3. The van der Waals surface area contributed by atoms with Crippen LogP contribution in [0.4, 0.5) is 8.78 Å². The number of rotatable bonds is 6. The molecule has 0 aliphatic heterocycles. The summed E-state index contributed by atoms with van der Waals surface area (Å²) in [7, 11) is 0. The van der Waals surface area contributed by atoms with Crippen molar-refractivity contribution in [3.8, 4) is 0 Å². The average Bonchev–Trinajstić information content (AvgIpc) is 2.80. The van der Waals surface area contributed by atoms with Crippen molar-refractivity contribution in [3.05, 3.63) is 55.3 Å². The van der Waals surface area contributed by atoms with Gasteiger partial charge in [-0.3, -0.25) is 0 Å². The van der Waals surface area contributed by atoms with Gasteiger partial charge in [0.2, 0.25) is 0 Å². The quantitative estimate of drug-likeness (QED) is 0.671. The van der Waals surface area contributed by atoms with E-state index >= 15 is 0 Å². The third-order valence-corrected chi connectivity index (χ3v) is 4.80. The van der Waals surface area contributed by atoms with Crippen LogP contribution in [0.25, 0.3) is 0 Å². The maximum Gasteiger partial charge on any atom is 0.126 e. The van der Waals surface area contributed by atoms with E-state index in [-0.39, 0.29) is 6.04 Å². The van der Waals surface area contributed by atoms with Gasteiger partial charge in [0, 0.05) is 12.1 Å². The van der Waals surface area contributed by atoms with E-state index in [0.717, 1.165) is 19.0 Å². The van der Waals surface area contributed by atoms with Crippen LogP contribution >= 0.6 is 33.9 Å². The van der Waals surface area contributed by atoms with Crippen LogP contribution in [0.2, 0.25) is 0 Å². The predicted molar refractivity (Wildman–Crippen MR) is 88.1 cm³/mol. The second-order valence-corrected chi connectivity index (χ2v) is 7.48. The van der Waals surface area contributed by atoms with Gasteiger partial charge in [0.1, 0.15) is 11.6 Å². The minimum absolute atomic E-state index is 0.0934. The normalized spacial score (nSPS) is 12.6. The predicted octanol–water partition coefficient (Wildman–Crippen LogP) is 4.91. The molecule has 108 valence electrons. The first-order chi connectivity index (χ1) is 9.58. The minimum Gasteiger partial charge on any atom is -0.310 e. The Bertz CT molecular complexity index is 551. The SMILES string of the molecule is CCCNC(Cc1cc(F)cc(F)c1)c1csc(I)c1. The summed E-state index contributed by atoms with van der Waals surface area (Å²) in [4.78, 5) is 0. The molecule has 1 atom stereocenters. The van der Waals surface area contributed by atoms with Gasteiger partial charge in [0.25, 0.3) is 0 Å². The summed E-state index contributed by atoms with van der Waals surface area (Å²) in [6.07, 6.45) is 1.61. The highest BCUT2D eigenvalue weighted by Gasteiger charge is 2.14. The molecule has 1 aromatic carbocycles. The highest BCUT2D eigenvalue weighted by atomic mass is 127. The maximum absolute atomic E-state index is 13.3. The zero-order chi connectivity index (χ0) is 14.5. The summed E-state index contributed by atoms with van der Waals surface area (Å²) in [5.41, 5.74) is 1.86. The smallest absolute Gasteiger partial charge is 0.126 e. The van der Waals surface area contributed by atoms with Crippen molar-refractivity contribution in [2.45, 2.75) is 25.8 Å². The fourth-order valence-electron chi connectivity index (χ4n) is 2.10. The molecular formula is C15H16F2INS. The molecule has 2 aromatic rings. The van der Waals surface area contributed by atoms with Crippen LogP contribution in [0.1, 0.15) is 30.5 Å². The van der Waals surface area contributed by atoms with E-state index in [1.807, 2.05) is 0 Å². The molecule has 0 spiro atoms. The Labute approximate surface area is 135 Å². The summed E-state index contributed by atoms with van der Waals surface area (Å²) in [6, 6.07) is 5.93. The molecule has 0 amide bonds. The number of benzene rings is 1. The third kappa shape index (κ3) is 4.49. The number of nitrogens with one attached hydrogen (secondary N) is 1. The van der Waals surface area contributed by atoms with Gasteiger partial charge in [-0.15, -0.1) is 11.3 Å². The fraction of sp³-hybridized carbons (Fsp3) is 0.333. The first-order valence-corrected chi connectivity index (χ1v) is 8.46. The van der Waals surface area contributed by atoms with Crippen LogP contribution in [-0.2, 0) is 6.42 Å². The minimum atomic E-state index is -0.519. The van der Waals surface area contributed by atoms with Gasteiger partial charge >= 0.3 is 0 Å². The van der Waals surface area contributed by atoms with Gasteiger partial charge in [0.15, 0.2) is 0 Å². The summed E-state index contributed by atoms with van der Waals surface area (Å²) in [5, 5.41) is 5.55. The van der Waals surface area contributed by atoms with Crippen LogP contribution < -0.4 is 5.32 Å². The van der Waals surface area contributed by atoms with Gasteiger partial charge in [-0.05, 0) is 76.7 Å². The Morgan fingerprint density at radius 2 is 1.90 bits per heavy atom. The lowest BCUT2D eigenvalue weighted by molar-refractivity contribution is 0.523. The highest BCUT2D eigenvalue weighted by Crippen LogP contribution is 2.25. The summed E-state index contributed by atoms with van der Waals surface area (Å²) in [6.45, 7) is 2.98. The zero-order valence-corrected chi connectivity index (χ0v) is 14.1. The molecule has 2 rings (SSSR count). The summed E-state index contributed by atoms with van der Waals surface area (Å²) >= 11 is 3.97. The highest BCUT2D eigenvalue weighted by molar-refractivity contribution is 14.1. The Balaban J connectivity index is 2.18. The second kappa shape index (κ2) is 7.47. The molecule has 0 aliphatic carbocycles. The van der Waals surface area contributed by atoms with Gasteiger partial charge in [-0.1, -0.05) is 6.92 Å². The second-order valence-electron chi connectivity index (χ2n) is 4.67. The van der Waals surface area contributed by atoms with Crippen molar-refractivity contribution in [2.24, 2.45) is 0 Å². The van der Waals surface area contributed by atoms with Gasteiger partial charge < -0.3 is 5.32 Å². The molecule has 0 saturated carbocycles. The monoisotopic (exact) mass is 407 g/mol. The first-order valence-electron chi connectivity index (χ1n) is 6.50. The molecule has 1 nitrogen and oxygen atoms in total. The van der Waals surface area contributed by atoms with Crippen molar-refractivity contribution in [2.75, 3.05) is 6.54 Å². The van der Waals surface area contributed by atoms with E-state index in [1.54, 1.807) is 11.3 Å². The topological polar surface area (TPSA) is 12.0 Å². The van der Waals surface area contributed by atoms with Crippen molar-refractivity contribution in [1.29, 1.82) is 0 Å². The first kappa shape index (κ1) is 15.9. The molecule has 1 unspecified atom stereocenters. The van der Waals surface area contributed by atoms with Crippen LogP contribution in [0.3, 0.4) is 0 Å². The lowest BCUT2D eigenvalue weighted by Crippen LogP contribution is -2.23. The Morgan fingerprint density at radius 3 is 2.45 bits per heavy atom. The largest absolute Gasteiger partial charge is 0.310 e. The number of hydrogen-bond donors (Lipinski definition) is 1. The fourth-order valence-corrected chi connectivity index (χ4v) is 3.52. The molecule has 20 heavy (non-hydrogen) atoms. The van der Waals surface area contributed by atoms with E-state index in [0.29, 0.717) is 12.0 Å². The molecule has 0 radical (unpaired) electrons.